The molecule has 4 bridgehead atoms. The standard InChI is InChI=1S/C22H26ClN3O3/c1-2-29-21(28)17-11-26-18(25-17)4-3-16(23)19(26)20(27)24-12-22-8-13-5-14(9-22)7-15(6-13)10-22/h3-4,11,13-15H,2,5-10,12H2,1H3,(H,24,27). The lowest BCUT2D eigenvalue weighted by Gasteiger charge is -2.56. The van der Waals surface area contributed by atoms with E-state index in [-0.39, 0.29) is 23.6 Å². The van der Waals surface area contributed by atoms with Crippen molar-refractivity contribution in [1.82, 2.24) is 14.7 Å². The second-order valence-electron chi connectivity index (χ2n) is 9.20. The zero-order valence-corrected chi connectivity index (χ0v) is 17.4. The van der Waals surface area contributed by atoms with Crippen LogP contribution in [-0.4, -0.2) is 34.4 Å². The maximum Gasteiger partial charge on any atom is 0.358 e. The van der Waals surface area contributed by atoms with Crippen molar-refractivity contribution in [3.8, 4) is 0 Å². The quantitative estimate of drug-likeness (QED) is 0.746. The first-order chi connectivity index (χ1) is 14.0. The fraction of sp³-hybridized carbons (Fsp3) is 0.591. The summed E-state index contributed by atoms with van der Waals surface area (Å²) in [6.45, 7) is 2.71. The summed E-state index contributed by atoms with van der Waals surface area (Å²) >= 11 is 6.38. The predicted octanol–water partition coefficient (Wildman–Crippen LogP) is 4.11. The van der Waals surface area contributed by atoms with E-state index in [2.05, 4.69) is 10.3 Å². The maximum absolute atomic E-state index is 13.1. The van der Waals surface area contributed by atoms with E-state index in [0.717, 1.165) is 17.8 Å². The number of amides is 1. The van der Waals surface area contributed by atoms with Gasteiger partial charge in [-0.3, -0.25) is 9.20 Å². The number of ether oxygens (including phenoxy) is 1. The number of carbonyl (C=O) groups excluding carboxylic acids is 2. The van der Waals surface area contributed by atoms with Gasteiger partial charge >= 0.3 is 5.97 Å². The van der Waals surface area contributed by atoms with Crippen molar-refractivity contribution in [3.63, 3.8) is 0 Å². The minimum Gasteiger partial charge on any atom is -0.461 e. The highest BCUT2D eigenvalue weighted by Gasteiger charge is 2.50. The zero-order chi connectivity index (χ0) is 20.2. The molecule has 4 fully saturated rings. The van der Waals surface area contributed by atoms with Crippen LogP contribution in [0, 0.1) is 23.2 Å². The molecule has 0 radical (unpaired) electrons. The smallest absolute Gasteiger partial charge is 0.358 e. The van der Waals surface area contributed by atoms with Gasteiger partial charge in [-0.05, 0) is 80.8 Å². The number of nitrogens with one attached hydrogen (secondary N) is 1. The average molecular weight is 416 g/mol. The van der Waals surface area contributed by atoms with E-state index in [1.54, 1.807) is 23.5 Å². The minimum absolute atomic E-state index is 0.171. The zero-order valence-electron chi connectivity index (χ0n) is 16.6. The highest BCUT2D eigenvalue weighted by atomic mass is 35.5. The molecular formula is C22H26ClN3O3. The van der Waals surface area contributed by atoms with E-state index in [4.69, 9.17) is 16.3 Å². The number of rotatable bonds is 5. The van der Waals surface area contributed by atoms with E-state index in [1.165, 1.54) is 44.7 Å². The molecule has 0 atom stereocenters. The number of hydrogen-bond acceptors (Lipinski definition) is 4. The Balaban J connectivity index is 1.38. The summed E-state index contributed by atoms with van der Waals surface area (Å²) in [5, 5.41) is 3.51. The van der Waals surface area contributed by atoms with E-state index in [0.29, 0.717) is 22.9 Å². The van der Waals surface area contributed by atoms with Crippen molar-refractivity contribution in [1.29, 1.82) is 0 Å². The Morgan fingerprint density at radius 3 is 2.48 bits per heavy atom. The van der Waals surface area contributed by atoms with Gasteiger partial charge in [0.05, 0.1) is 11.6 Å². The molecule has 1 amide bonds. The topological polar surface area (TPSA) is 72.7 Å². The normalized spacial score (nSPS) is 29.9. The third-order valence-electron chi connectivity index (χ3n) is 7.07. The van der Waals surface area contributed by atoms with Crippen molar-refractivity contribution in [2.45, 2.75) is 45.4 Å². The van der Waals surface area contributed by atoms with Crippen molar-refractivity contribution < 1.29 is 14.3 Å². The predicted molar refractivity (Wildman–Crippen MR) is 109 cm³/mol. The van der Waals surface area contributed by atoms with Crippen LogP contribution in [0.1, 0.15) is 66.4 Å². The van der Waals surface area contributed by atoms with E-state index >= 15 is 0 Å². The highest BCUT2D eigenvalue weighted by Crippen LogP contribution is 2.59. The summed E-state index contributed by atoms with van der Waals surface area (Å²) in [7, 11) is 0. The monoisotopic (exact) mass is 415 g/mol. The number of imidazole rings is 1. The van der Waals surface area contributed by atoms with E-state index in [1.807, 2.05) is 0 Å². The molecule has 154 valence electrons. The van der Waals surface area contributed by atoms with Gasteiger partial charge in [-0.15, -0.1) is 0 Å². The molecule has 6 rings (SSSR count). The van der Waals surface area contributed by atoms with Crippen molar-refractivity contribution >= 4 is 29.1 Å². The molecule has 0 aliphatic heterocycles. The van der Waals surface area contributed by atoms with Crippen LogP contribution >= 0.6 is 11.6 Å². The fourth-order valence-electron chi connectivity index (χ4n) is 6.41. The first kappa shape index (κ1) is 18.9. The molecule has 2 aromatic rings. The van der Waals surface area contributed by atoms with Crippen molar-refractivity contribution in [3.05, 3.63) is 34.7 Å². The van der Waals surface area contributed by atoms with E-state index in [9.17, 15) is 9.59 Å². The number of aromatic nitrogens is 2. The molecule has 4 aliphatic carbocycles. The van der Waals surface area contributed by atoms with Crippen LogP contribution in [0.3, 0.4) is 0 Å². The highest BCUT2D eigenvalue weighted by molar-refractivity contribution is 6.33. The Morgan fingerprint density at radius 1 is 1.21 bits per heavy atom. The molecule has 2 heterocycles. The Labute approximate surface area is 175 Å². The van der Waals surface area contributed by atoms with Crippen LogP contribution in [0.5, 0.6) is 0 Å². The fourth-order valence-corrected chi connectivity index (χ4v) is 6.65. The second-order valence-corrected chi connectivity index (χ2v) is 9.61. The van der Waals surface area contributed by atoms with Gasteiger partial charge in [-0.1, -0.05) is 11.6 Å². The van der Waals surface area contributed by atoms with Crippen LogP contribution in [0.15, 0.2) is 18.3 Å². The third kappa shape index (κ3) is 3.31. The average Bonchev–Trinajstić information content (AvgIpc) is 3.09. The molecule has 2 aromatic heterocycles. The summed E-state index contributed by atoms with van der Waals surface area (Å²) in [4.78, 5) is 29.4. The lowest BCUT2D eigenvalue weighted by Crippen LogP contribution is -2.51. The molecule has 29 heavy (non-hydrogen) atoms. The van der Waals surface area contributed by atoms with E-state index < -0.39 is 5.97 Å². The number of halogens is 1. The van der Waals surface area contributed by atoms with Crippen LogP contribution in [0.25, 0.3) is 5.65 Å². The summed E-state index contributed by atoms with van der Waals surface area (Å²) in [6.07, 6.45) is 9.36. The molecular weight excluding hydrogens is 390 g/mol. The van der Waals surface area contributed by atoms with Crippen molar-refractivity contribution in [2.75, 3.05) is 13.2 Å². The molecule has 4 aliphatic rings. The number of nitrogens with zero attached hydrogens (tertiary/aromatic N) is 2. The number of hydrogen-bond donors (Lipinski definition) is 1. The van der Waals surface area contributed by atoms with Gasteiger partial charge in [-0.25, -0.2) is 9.78 Å². The summed E-state index contributed by atoms with van der Waals surface area (Å²) in [5.74, 6) is 1.79. The second kappa shape index (κ2) is 7.01. The number of fused-ring (bicyclic) bond motifs is 1. The molecule has 7 heteroatoms. The molecule has 4 saturated carbocycles. The van der Waals surface area contributed by atoms with Gasteiger partial charge in [0.15, 0.2) is 5.69 Å². The molecule has 0 saturated heterocycles. The van der Waals surface area contributed by atoms with Gasteiger partial charge in [0.25, 0.3) is 5.91 Å². The van der Waals surface area contributed by atoms with Crippen LogP contribution < -0.4 is 5.32 Å². The lowest BCUT2D eigenvalue weighted by atomic mass is 9.49. The molecule has 0 unspecified atom stereocenters. The van der Waals surface area contributed by atoms with Gasteiger partial charge in [0, 0.05) is 12.7 Å². The van der Waals surface area contributed by atoms with Crippen molar-refractivity contribution in [2.24, 2.45) is 23.2 Å². The molecule has 6 nitrogen and oxygen atoms in total. The van der Waals surface area contributed by atoms with Crippen LogP contribution in [-0.2, 0) is 4.74 Å². The maximum atomic E-state index is 13.1. The minimum atomic E-state index is -0.507. The van der Waals surface area contributed by atoms with Gasteiger partial charge in [0.1, 0.15) is 11.3 Å². The first-order valence-corrected chi connectivity index (χ1v) is 11.0. The number of carbonyl (C=O) groups is 2. The van der Waals surface area contributed by atoms with Crippen LogP contribution in [0.4, 0.5) is 0 Å². The summed E-state index contributed by atoms with van der Waals surface area (Å²) < 4.78 is 6.61. The number of pyridine rings is 1. The molecule has 0 aromatic carbocycles. The summed E-state index contributed by atoms with van der Waals surface area (Å²) in [5.41, 5.74) is 1.23. The Bertz CT molecular complexity index is 948. The van der Waals surface area contributed by atoms with Gasteiger partial charge in [0.2, 0.25) is 0 Å². The SMILES string of the molecule is CCOC(=O)c1cn2c(C(=O)NCC34CC5CC(CC(C5)C3)C4)c(Cl)ccc2n1. The number of esters is 1. The van der Waals surface area contributed by atoms with Gasteiger partial charge in [-0.2, -0.15) is 0 Å². The van der Waals surface area contributed by atoms with Gasteiger partial charge < -0.3 is 10.1 Å². The molecule has 0 spiro atoms. The molecule has 1 N–H and O–H groups in total. The lowest BCUT2D eigenvalue weighted by molar-refractivity contribution is -0.0503. The first-order valence-electron chi connectivity index (χ1n) is 10.6. The Kier molecular flexibility index (Phi) is 4.57. The largest absolute Gasteiger partial charge is 0.461 e. The Hall–Kier alpha value is -2.08. The third-order valence-corrected chi connectivity index (χ3v) is 7.37. The Morgan fingerprint density at radius 2 is 1.86 bits per heavy atom. The van der Waals surface area contributed by atoms with Crippen LogP contribution in [0.2, 0.25) is 5.02 Å². The summed E-state index contributed by atoms with van der Waals surface area (Å²) in [6, 6.07) is 3.35.